The zero-order valence-corrected chi connectivity index (χ0v) is 12.0. The van der Waals surface area contributed by atoms with Crippen LogP contribution >= 0.6 is 0 Å². The predicted molar refractivity (Wildman–Crippen MR) is 77.3 cm³/mol. The topological polar surface area (TPSA) is 37.3 Å². The minimum absolute atomic E-state index is 0.0950. The van der Waals surface area contributed by atoms with Crippen molar-refractivity contribution < 1.29 is 9.90 Å². The van der Waals surface area contributed by atoms with E-state index in [0.29, 0.717) is 24.3 Å². The van der Waals surface area contributed by atoms with Crippen LogP contribution < -0.4 is 0 Å². The van der Waals surface area contributed by atoms with Crippen molar-refractivity contribution in [2.45, 2.75) is 58.0 Å². The van der Waals surface area contributed by atoms with E-state index in [-0.39, 0.29) is 5.78 Å². The molecule has 2 nitrogen and oxygen atoms in total. The second kappa shape index (κ2) is 5.87. The SMILES string of the molecule is CCCc1ccc(C(=O)C2(O)CCC(C)CC2)cc1. The lowest BCUT2D eigenvalue weighted by Crippen LogP contribution is -2.41. The number of carbonyl (C=O) groups is 1. The average Bonchev–Trinajstić information content (AvgIpc) is 2.43. The van der Waals surface area contributed by atoms with Crippen molar-refractivity contribution in [2.24, 2.45) is 5.92 Å². The maximum atomic E-state index is 12.4. The molecule has 1 aliphatic rings. The molecule has 1 fully saturated rings. The summed E-state index contributed by atoms with van der Waals surface area (Å²) in [7, 11) is 0. The van der Waals surface area contributed by atoms with Gasteiger partial charge in [0.05, 0.1) is 0 Å². The van der Waals surface area contributed by atoms with Gasteiger partial charge in [-0.3, -0.25) is 4.79 Å². The minimum atomic E-state index is -1.13. The summed E-state index contributed by atoms with van der Waals surface area (Å²) in [5.41, 5.74) is 0.777. The van der Waals surface area contributed by atoms with Gasteiger partial charge in [0, 0.05) is 5.56 Å². The van der Waals surface area contributed by atoms with Crippen LogP contribution in [0.3, 0.4) is 0 Å². The van der Waals surface area contributed by atoms with Crippen LogP contribution in [0, 0.1) is 5.92 Å². The maximum Gasteiger partial charge on any atom is 0.194 e. The minimum Gasteiger partial charge on any atom is -0.382 e. The van der Waals surface area contributed by atoms with Crippen molar-refractivity contribution in [1.82, 2.24) is 0 Å². The van der Waals surface area contributed by atoms with Crippen LogP contribution in [-0.2, 0) is 6.42 Å². The molecule has 1 aromatic rings. The summed E-state index contributed by atoms with van der Waals surface area (Å²) in [5, 5.41) is 10.5. The lowest BCUT2D eigenvalue weighted by Gasteiger charge is -2.33. The van der Waals surface area contributed by atoms with Crippen LogP contribution in [-0.4, -0.2) is 16.5 Å². The molecule has 0 heterocycles. The summed E-state index contributed by atoms with van der Waals surface area (Å²) in [5.74, 6) is 0.530. The van der Waals surface area contributed by atoms with E-state index in [4.69, 9.17) is 0 Å². The van der Waals surface area contributed by atoms with E-state index in [1.165, 1.54) is 5.56 Å². The van der Waals surface area contributed by atoms with Crippen molar-refractivity contribution >= 4 is 5.78 Å². The lowest BCUT2D eigenvalue weighted by atomic mass is 9.76. The summed E-state index contributed by atoms with van der Waals surface area (Å²) in [6.45, 7) is 4.33. The third kappa shape index (κ3) is 3.24. The molecule has 0 aromatic heterocycles. The number of ketones is 1. The van der Waals surface area contributed by atoms with Crippen LogP contribution in [0.2, 0.25) is 0 Å². The Hall–Kier alpha value is -1.15. The van der Waals surface area contributed by atoms with Crippen molar-refractivity contribution in [1.29, 1.82) is 0 Å². The molecule has 0 radical (unpaired) electrons. The van der Waals surface area contributed by atoms with Gasteiger partial charge in [-0.1, -0.05) is 44.5 Å². The fourth-order valence-electron chi connectivity index (χ4n) is 2.85. The molecule has 104 valence electrons. The number of aliphatic hydroxyl groups is 1. The number of carbonyl (C=O) groups excluding carboxylic acids is 1. The highest BCUT2D eigenvalue weighted by atomic mass is 16.3. The summed E-state index contributed by atoms with van der Waals surface area (Å²) in [6.07, 6.45) is 5.23. The van der Waals surface area contributed by atoms with E-state index in [1.807, 2.05) is 24.3 Å². The normalized spacial score (nSPS) is 27.2. The number of hydrogen-bond acceptors (Lipinski definition) is 2. The number of aryl methyl sites for hydroxylation is 1. The van der Waals surface area contributed by atoms with E-state index in [2.05, 4.69) is 13.8 Å². The molecule has 1 saturated carbocycles. The van der Waals surface area contributed by atoms with Crippen LogP contribution in [0.5, 0.6) is 0 Å². The predicted octanol–water partition coefficient (Wildman–Crippen LogP) is 3.76. The molecular weight excluding hydrogens is 236 g/mol. The number of benzene rings is 1. The zero-order chi connectivity index (χ0) is 13.9. The van der Waals surface area contributed by atoms with E-state index in [0.717, 1.165) is 25.7 Å². The lowest BCUT2D eigenvalue weighted by molar-refractivity contribution is 0.00426. The van der Waals surface area contributed by atoms with Gasteiger partial charge in [0.25, 0.3) is 0 Å². The number of Topliss-reactive ketones (excluding diaryl/α,β-unsaturated/α-hetero) is 1. The van der Waals surface area contributed by atoms with Crippen molar-refractivity contribution in [2.75, 3.05) is 0 Å². The summed E-state index contributed by atoms with van der Waals surface area (Å²) < 4.78 is 0. The molecule has 1 aromatic carbocycles. The van der Waals surface area contributed by atoms with Gasteiger partial charge in [0.1, 0.15) is 5.60 Å². The maximum absolute atomic E-state index is 12.4. The molecule has 0 spiro atoms. The highest BCUT2D eigenvalue weighted by Gasteiger charge is 2.39. The molecule has 0 amide bonds. The van der Waals surface area contributed by atoms with Crippen LogP contribution in [0.15, 0.2) is 24.3 Å². The molecule has 0 atom stereocenters. The second-order valence-electron chi connectivity index (χ2n) is 5.99. The molecule has 0 saturated heterocycles. The van der Waals surface area contributed by atoms with Gasteiger partial charge >= 0.3 is 0 Å². The van der Waals surface area contributed by atoms with Gasteiger partial charge in [-0.2, -0.15) is 0 Å². The molecule has 1 aliphatic carbocycles. The summed E-state index contributed by atoms with van der Waals surface area (Å²) in [6, 6.07) is 7.74. The first-order valence-electron chi connectivity index (χ1n) is 7.41. The third-order valence-electron chi connectivity index (χ3n) is 4.28. The molecule has 0 bridgehead atoms. The van der Waals surface area contributed by atoms with Crippen LogP contribution in [0.25, 0.3) is 0 Å². The molecule has 1 N–H and O–H groups in total. The fraction of sp³-hybridized carbons (Fsp3) is 0.588. The molecular formula is C17H24O2. The molecule has 0 unspecified atom stereocenters. The van der Waals surface area contributed by atoms with Crippen molar-refractivity contribution in [3.05, 3.63) is 35.4 Å². The van der Waals surface area contributed by atoms with Crippen LogP contribution in [0.1, 0.15) is 61.9 Å². The number of rotatable bonds is 4. The van der Waals surface area contributed by atoms with E-state index >= 15 is 0 Å². The summed E-state index contributed by atoms with van der Waals surface area (Å²) in [4.78, 5) is 12.4. The van der Waals surface area contributed by atoms with Gasteiger partial charge in [-0.05, 0) is 43.6 Å². The Balaban J connectivity index is 2.10. The Morgan fingerprint density at radius 3 is 2.37 bits per heavy atom. The Bertz CT molecular complexity index is 425. The van der Waals surface area contributed by atoms with Gasteiger partial charge in [0.2, 0.25) is 0 Å². The smallest absolute Gasteiger partial charge is 0.194 e. The quantitative estimate of drug-likeness (QED) is 0.837. The molecule has 19 heavy (non-hydrogen) atoms. The largest absolute Gasteiger partial charge is 0.382 e. The number of hydrogen-bond donors (Lipinski definition) is 1. The van der Waals surface area contributed by atoms with Crippen LogP contribution in [0.4, 0.5) is 0 Å². The first kappa shape index (κ1) is 14.3. The van der Waals surface area contributed by atoms with Gasteiger partial charge in [-0.25, -0.2) is 0 Å². The van der Waals surface area contributed by atoms with Crippen molar-refractivity contribution in [3.63, 3.8) is 0 Å². The van der Waals surface area contributed by atoms with E-state index in [9.17, 15) is 9.90 Å². The monoisotopic (exact) mass is 260 g/mol. The Morgan fingerprint density at radius 1 is 1.26 bits per heavy atom. The van der Waals surface area contributed by atoms with Crippen molar-refractivity contribution in [3.8, 4) is 0 Å². The fourth-order valence-corrected chi connectivity index (χ4v) is 2.85. The standard InChI is InChI=1S/C17H24O2/c1-3-4-14-5-7-15(8-6-14)16(18)17(19)11-9-13(2)10-12-17/h5-8,13,19H,3-4,9-12H2,1-2H3. The molecule has 2 heteroatoms. The third-order valence-corrected chi connectivity index (χ3v) is 4.28. The van der Waals surface area contributed by atoms with E-state index in [1.54, 1.807) is 0 Å². The molecule has 2 rings (SSSR count). The van der Waals surface area contributed by atoms with E-state index < -0.39 is 5.60 Å². The zero-order valence-electron chi connectivity index (χ0n) is 12.0. The summed E-state index contributed by atoms with van der Waals surface area (Å²) >= 11 is 0. The highest BCUT2D eigenvalue weighted by Crippen LogP contribution is 2.34. The first-order chi connectivity index (χ1) is 9.05. The van der Waals surface area contributed by atoms with Gasteiger partial charge in [-0.15, -0.1) is 0 Å². The second-order valence-corrected chi connectivity index (χ2v) is 5.99. The Labute approximate surface area is 115 Å². The molecule has 0 aliphatic heterocycles. The highest BCUT2D eigenvalue weighted by molar-refractivity contribution is 6.02. The van der Waals surface area contributed by atoms with Gasteiger partial charge < -0.3 is 5.11 Å². The average molecular weight is 260 g/mol. The Morgan fingerprint density at radius 2 is 1.84 bits per heavy atom. The first-order valence-corrected chi connectivity index (χ1v) is 7.41. The Kier molecular flexibility index (Phi) is 4.41. The van der Waals surface area contributed by atoms with Gasteiger partial charge in [0.15, 0.2) is 5.78 Å².